The molecule has 2 aromatic rings. The van der Waals surface area contributed by atoms with Crippen LogP contribution in [0.15, 0.2) is 53.4 Å². The highest BCUT2D eigenvalue weighted by Gasteiger charge is 2.17. The number of hydrogen-bond acceptors (Lipinski definition) is 6. The first-order valence-electron chi connectivity index (χ1n) is 8.44. The predicted octanol–water partition coefficient (Wildman–Crippen LogP) is 3.12. The van der Waals surface area contributed by atoms with E-state index in [1.807, 2.05) is 0 Å². The van der Waals surface area contributed by atoms with Crippen molar-refractivity contribution < 1.29 is 23.6 Å². The van der Waals surface area contributed by atoms with Gasteiger partial charge < -0.3 is 10.1 Å². The number of non-ortho nitro benzene ring substituents is 1. The molecule has 2 rings (SSSR count). The van der Waals surface area contributed by atoms with Gasteiger partial charge in [0, 0.05) is 23.6 Å². The fourth-order valence-corrected chi connectivity index (χ4v) is 2.90. The topological polar surface area (TPSA) is 98.5 Å². The summed E-state index contributed by atoms with van der Waals surface area (Å²) in [4.78, 5) is 34.6. The molecule has 0 bridgehead atoms. The molecule has 1 atom stereocenters. The van der Waals surface area contributed by atoms with Crippen molar-refractivity contribution in [2.75, 3.05) is 12.3 Å². The van der Waals surface area contributed by atoms with E-state index >= 15 is 0 Å². The molecule has 0 fully saturated rings. The normalized spacial score (nSPS) is 11.5. The molecule has 0 aliphatic heterocycles. The lowest BCUT2D eigenvalue weighted by Gasteiger charge is -2.13. The lowest BCUT2D eigenvalue weighted by Crippen LogP contribution is -2.37. The number of nitrogens with one attached hydrogen (secondary N) is 1. The average molecular weight is 406 g/mol. The molecule has 0 aromatic heterocycles. The van der Waals surface area contributed by atoms with Crippen LogP contribution in [-0.2, 0) is 20.7 Å². The third-order valence-corrected chi connectivity index (χ3v) is 4.69. The molecule has 0 heterocycles. The number of ether oxygens (including phenoxy) is 1. The van der Waals surface area contributed by atoms with Crippen LogP contribution in [0.2, 0.25) is 0 Å². The van der Waals surface area contributed by atoms with Crippen LogP contribution in [0.25, 0.3) is 0 Å². The average Bonchev–Trinajstić information content (AvgIpc) is 2.68. The number of rotatable bonds is 9. The molecule has 0 spiro atoms. The van der Waals surface area contributed by atoms with Crippen molar-refractivity contribution in [3.63, 3.8) is 0 Å². The Bertz CT molecular complexity index is 827. The number of nitro groups is 1. The third-order valence-electron chi connectivity index (χ3n) is 3.71. The van der Waals surface area contributed by atoms with Gasteiger partial charge in [0.15, 0.2) is 6.10 Å². The van der Waals surface area contributed by atoms with Gasteiger partial charge in [0.2, 0.25) is 0 Å². The summed E-state index contributed by atoms with van der Waals surface area (Å²) in [6.07, 6.45) is -0.416. The molecule has 7 nitrogen and oxygen atoms in total. The number of nitro benzene ring substituents is 1. The molecule has 1 amide bonds. The highest BCUT2D eigenvalue weighted by molar-refractivity contribution is 8.00. The van der Waals surface area contributed by atoms with Crippen LogP contribution < -0.4 is 5.32 Å². The monoisotopic (exact) mass is 406 g/mol. The second-order valence-electron chi connectivity index (χ2n) is 5.84. The van der Waals surface area contributed by atoms with E-state index in [-0.39, 0.29) is 17.3 Å². The zero-order valence-corrected chi connectivity index (χ0v) is 15.9. The van der Waals surface area contributed by atoms with E-state index in [0.29, 0.717) is 17.9 Å². The van der Waals surface area contributed by atoms with Crippen LogP contribution in [0.3, 0.4) is 0 Å². The molecule has 0 unspecified atom stereocenters. The van der Waals surface area contributed by atoms with Crippen LogP contribution >= 0.6 is 11.8 Å². The highest BCUT2D eigenvalue weighted by atomic mass is 32.2. The van der Waals surface area contributed by atoms with E-state index in [1.165, 1.54) is 31.2 Å². The molecule has 9 heteroatoms. The Labute approximate surface area is 165 Å². The number of thioether (sulfide) groups is 1. The predicted molar refractivity (Wildman–Crippen MR) is 102 cm³/mol. The summed E-state index contributed by atoms with van der Waals surface area (Å²) in [5.74, 6) is -1.33. The standard InChI is InChI=1S/C19H19FN2O5S/c1-13(19(24)21-11-10-14-2-4-15(20)5-3-14)27-18(23)12-28-17-8-6-16(7-9-17)22(25)26/h2-9,13H,10-12H2,1H3,(H,21,24)/t13-/m0/s1. The third kappa shape index (κ3) is 6.99. The highest BCUT2D eigenvalue weighted by Crippen LogP contribution is 2.21. The van der Waals surface area contributed by atoms with Gasteiger partial charge in [-0.1, -0.05) is 12.1 Å². The minimum absolute atomic E-state index is 0.0228. The molecular formula is C19H19FN2O5S. The van der Waals surface area contributed by atoms with Crippen molar-refractivity contribution >= 4 is 29.3 Å². The summed E-state index contributed by atoms with van der Waals surface area (Å²) in [7, 11) is 0. The number of nitrogens with zero attached hydrogens (tertiary/aromatic N) is 1. The van der Waals surface area contributed by atoms with Gasteiger partial charge in [-0.25, -0.2) is 4.39 Å². The van der Waals surface area contributed by atoms with Gasteiger partial charge in [0.1, 0.15) is 5.82 Å². The zero-order chi connectivity index (χ0) is 20.5. The second kappa shape index (κ2) is 10.4. The maximum atomic E-state index is 12.8. The molecule has 2 aromatic carbocycles. The number of carbonyl (C=O) groups excluding carboxylic acids is 2. The lowest BCUT2D eigenvalue weighted by molar-refractivity contribution is -0.384. The zero-order valence-electron chi connectivity index (χ0n) is 15.1. The molecule has 0 saturated heterocycles. The van der Waals surface area contributed by atoms with E-state index in [1.54, 1.807) is 24.3 Å². The largest absolute Gasteiger partial charge is 0.452 e. The van der Waals surface area contributed by atoms with Crippen molar-refractivity contribution in [3.8, 4) is 0 Å². The minimum Gasteiger partial charge on any atom is -0.452 e. The van der Waals surface area contributed by atoms with Crippen molar-refractivity contribution in [3.05, 3.63) is 70.0 Å². The molecular weight excluding hydrogens is 387 g/mol. The van der Waals surface area contributed by atoms with Crippen molar-refractivity contribution in [2.24, 2.45) is 0 Å². The Morgan fingerprint density at radius 3 is 2.43 bits per heavy atom. The Hall–Kier alpha value is -2.94. The number of amides is 1. The molecule has 0 aliphatic rings. The van der Waals surface area contributed by atoms with Crippen LogP contribution in [0.4, 0.5) is 10.1 Å². The molecule has 0 radical (unpaired) electrons. The summed E-state index contributed by atoms with van der Waals surface area (Å²) in [6.45, 7) is 1.81. The Kier molecular flexibility index (Phi) is 7.94. The van der Waals surface area contributed by atoms with E-state index in [0.717, 1.165) is 17.3 Å². The van der Waals surface area contributed by atoms with Crippen molar-refractivity contribution in [1.29, 1.82) is 0 Å². The smallest absolute Gasteiger partial charge is 0.317 e. The molecule has 0 aliphatic carbocycles. The van der Waals surface area contributed by atoms with Crippen molar-refractivity contribution in [2.45, 2.75) is 24.3 Å². The van der Waals surface area contributed by atoms with Crippen molar-refractivity contribution in [1.82, 2.24) is 5.32 Å². The first-order chi connectivity index (χ1) is 13.3. The number of benzene rings is 2. The Balaban J connectivity index is 1.69. The summed E-state index contributed by atoms with van der Waals surface area (Å²) in [5.41, 5.74) is 0.851. The fourth-order valence-electron chi connectivity index (χ4n) is 2.22. The quantitative estimate of drug-likeness (QED) is 0.297. The van der Waals surface area contributed by atoms with Crippen LogP contribution in [0.5, 0.6) is 0 Å². The molecule has 0 saturated carbocycles. The summed E-state index contributed by atoms with van der Waals surface area (Å²) in [6, 6.07) is 11.8. The fraction of sp³-hybridized carbons (Fsp3) is 0.263. The van der Waals surface area contributed by atoms with Crippen LogP contribution in [-0.4, -0.2) is 35.2 Å². The summed E-state index contributed by atoms with van der Waals surface area (Å²) < 4.78 is 17.9. The van der Waals surface area contributed by atoms with E-state index < -0.39 is 22.9 Å². The Morgan fingerprint density at radius 2 is 1.82 bits per heavy atom. The van der Waals surface area contributed by atoms with Gasteiger partial charge in [-0.15, -0.1) is 11.8 Å². The number of halogens is 1. The number of esters is 1. The molecule has 28 heavy (non-hydrogen) atoms. The van der Waals surface area contributed by atoms with Crippen LogP contribution in [0, 0.1) is 15.9 Å². The van der Waals surface area contributed by atoms with Gasteiger partial charge in [-0.3, -0.25) is 19.7 Å². The molecule has 1 N–H and O–H groups in total. The van der Waals surface area contributed by atoms with Gasteiger partial charge in [0.25, 0.3) is 11.6 Å². The second-order valence-corrected chi connectivity index (χ2v) is 6.89. The maximum Gasteiger partial charge on any atom is 0.317 e. The van der Waals surface area contributed by atoms with E-state index in [9.17, 15) is 24.1 Å². The van der Waals surface area contributed by atoms with E-state index in [2.05, 4.69) is 5.32 Å². The number of carbonyl (C=O) groups is 2. The van der Waals surface area contributed by atoms with Crippen LogP contribution in [0.1, 0.15) is 12.5 Å². The summed E-state index contributed by atoms with van der Waals surface area (Å²) in [5, 5.41) is 13.3. The first kappa shape index (κ1) is 21.4. The maximum absolute atomic E-state index is 12.8. The van der Waals surface area contributed by atoms with Gasteiger partial charge in [0.05, 0.1) is 10.7 Å². The first-order valence-corrected chi connectivity index (χ1v) is 9.42. The minimum atomic E-state index is -0.946. The van der Waals surface area contributed by atoms with Gasteiger partial charge in [-0.05, 0) is 43.2 Å². The Morgan fingerprint density at radius 1 is 1.18 bits per heavy atom. The van der Waals surface area contributed by atoms with E-state index in [4.69, 9.17) is 4.74 Å². The number of hydrogen-bond donors (Lipinski definition) is 1. The van der Waals surface area contributed by atoms with Gasteiger partial charge in [-0.2, -0.15) is 0 Å². The van der Waals surface area contributed by atoms with Gasteiger partial charge >= 0.3 is 5.97 Å². The summed E-state index contributed by atoms with van der Waals surface area (Å²) >= 11 is 1.16. The SMILES string of the molecule is C[C@H](OC(=O)CSc1ccc([N+](=O)[O-])cc1)C(=O)NCCc1ccc(F)cc1. The lowest BCUT2D eigenvalue weighted by atomic mass is 10.1. The molecule has 148 valence electrons.